The summed E-state index contributed by atoms with van der Waals surface area (Å²) >= 11 is 1.63. The van der Waals surface area contributed by atoms with Gasteiger partial charge in [-0.25, -0.2) is 13.9 Å². The van der Waals surface area contributed by atoms with Gasteiger partial charge in [-0.05, 0) is 71.1 Å². The molecule has 0 saturated heterocycles. The van der Waals surface area contributed by atoms with E-state index in [9.17, 15) is 9.18 Å². The van der Waals surface area contributed by atoms with Crippen LogP contribution in [0.1, 0.15) is 6.42 Å². The Labute approximate surface area is 154 Å². The van der Waals surface area contributed by atoms with Crippen LogP contribution in [-0.4, -0.2) is 38.5 Å². The SMILES string of the molecule is O=C(NCCCSc1ccc(F)cc1)Nc1ccc(-n2cnnn2)cc1. The summed E-state index contributed by atoms with van der Waals surface area (Å²) < 4.78 is 14.3. The molecule has 2 aromatic carbocycles. The van der Waals surface area contributed by atoms with Gasteiger partial charge in [-0.1, -0.05) is 0 Å². The van der Waals surface area contributed by atoms with Gasteiger partial charge in [-0.15, -0.1) is 16.9 Å². The Kier molecular flexibility index (Phi) is 6.15. The predicted molar refractivity (Wildman–Crippen MR) is 97.9 cm³/mol. The van der Waals surface area contributed by atoms with Gasteiger partial charge in [0, 0.05) is 17.1 Å². The Morgan fingerprint density at radius 1 is 1.12 bits per heavy atom. The number of hydrogen-bond donors (Lipinski definition) is 2. The Bertz CT molecular complexity index is 823. The summed E-state index contributed by atoms with van der Waals surface area (Å²) in [5.41, 5.74) is 1.48. The molecule has 2 N–H and O–H groups in total. The van der Waals surface area contributed by atoms with Crippen LogP contribution in [0.25, 0.3) is 5.69 Å². The zero-order valence-corrected chi connectivity index (χ0v) is 14.6. The van der Waals surface area contributed by atoms with Gasteiger partial charge in [0.25, 0.3) is 0 Å². The van der Waals surface area contributed by atoms with Crippen molar-refractivity contribution >= 4 is 23.5 Å². The predicted octanol–water partition coefficient (Wildman–Crippen LogP) is 3.11. The molecule has 26 heavy (non-hydrogen) atoms. The van der Waals surface area contributed by atoms with E-state index >= 15 is 0 Å². The highest BCUT2D eigenvalue weighted by Gasteiger charge is 2.03. The Hall–Kier alpha value is -2.94. The zero-order chi connectivity index (χ0) is 18.2. The molecule has 0 fully saturated rings. The van der Waals surface area contributed by atoms with Gasteiger partial charge >= 0.3 is 6.03 Å². The van der Waals surface area contributed by atoms with Crippen LogP contribution in [0.2, 0.25) is 0 Å². The molecule has 0 aliphatic carbocycles. The number of nitrogens with zero attached hydrogens (tertiary/aromatic N) is 4. The molecule has 0 spiro atoms. The van der Waals surface area contributed by atoms with Crippen molar-refractivity contribution < 1.29 is 9.18 Å². The Balaban J connectivity index is 1.35. The van der Waals surface area contributed by atoms with Gasteiger partial charge in [0.15, 0.2) is 0 Å². The van der Waals surface area contributed by atoms with E-state index in [1.54, 1.807) is 36.0 Å². The molecule has 0 aliphatic heterocycles. The summed E-state index contributed by atoms with van der Waals surface area (Å²) in [5.74, 6) is 0.602. The minimum atomic E-state index is -0.257. The first kappa shape index (κ1) is 17.9. The molecule has 134 valence electrons. The summed E-state index contributed by atoms with van der Waals surface area (Å²) in [5, 5.41) is 16.5. The van der Waals surface area contributed by atoms with Crippen LogP contribution in [0.3, 0.4) is 0 Å². The maximum Gasteiger partial charge on any atom is 0.319 e. The molecule has 2 amide bonds. The fourth-order valence-corrected chi connectivity index (χ4v) is 3.00. The highest BCUT2D eigenvalue weighted by atomic mass is 32.2. The number of anilines is 1. The maximum atomic E-state index is 12.8. The fourth-order valence-electron chi connectivity index (χ4n) is 2.15. The Morgan fingerprint density at radius 3 is 2.58 bits per heavy atom. The van der Waals surface area contributed by atoms with Gasteiger partial charge in [-0.2, -0.15) is 0 Å². The largest absolute Gasteiger partial charge is 0.338 e. The summed E-state index contributed by atoms with van der Waals surface area (Å²) in [7, 11) is 0. The number of rotatable bonds is 7. The van der Waals surface area contributed by atoms with Crippen molar-refractivity contribution in [1.29, 1.82) is 0 Å². The summed E-state index contributed by atoms with van der Waals surface area (Å²) in [4.78, 5) is 12.9. The Morgan fingerprint density at radius 2 is 1.88 bits per heavy atom. The average Bonchev–Trinajstić information content (AvgIpc) is 3.18. The second-order valence-electron chi connectivity index (χ2n) is 5.34. The molecule has 7 nitrogen and oxygen atoms in total. The number of carbonyl (C=O) groups excluding carboxylic acids is 1. The van der Waals surface area contributed by atoms with Crippen molar-refractivity contribution in [3.8, 4) is 5.69 Å². The number of thioether (sulfide) groups is 1. The normalized spacial score (nSPS) is 10.5. The molecule has 0 unspecified atom stereocenters. The number of nitrogens with one attached hydrogen (secondary N) is 2. The molecule has 1 heterocycles. The third kappa shape index (κ3) is 5.28. The molecular formula is C17H17FN6OS. The maximum absolute atomic E-state index is 12.8. The van der Waals surface area contributed by atoms with Crippen molar-refractivity contribution in [2.75, 3.05) is 17.6 Å². The van der Waals surface area contributed by atoms with Gasteiger partial charge in [0.05, 0.1) is 5.69 Å². The molecular weight excluding hydrogens is 355 g/mol. The van der Waals surface area contributed by atoms with Crippen molar-refractivity contribution in [3.63, 3.8) is 0 Å². The van der Waals surface area contributed by atoms with Crippen molar-refractivity contribution in [2.45, 2.75) is 11.3 Å². The van der Waals surface area contributed by atoms with Gasteiger partial charge in [-0.3, -0.25) is 0 Å². The van der Waals surface area contributed by atoms with Crippen molar-refractivity contribution in [3.05, 3.63) is 60.7 Å². The van der Waals surface area contributed by atoms with Crippen LogP contribution in [0, 0.1) is 5.82 Å². The number of amides is 2. The molecule has 1 aromatic heterocycles. The number of hydrogen-bond acceptors (Lipinski definition) is 5. The lowest BCUT2D eigenvalue weighted by atomic mass is 10.3. The van der Waals surface area contributed by atoms with Crippen LogP contribution in [0.15, 0.2) is 59.8 Å². The van der Waals surface area contributed by atoms with Crippen LogP contribution in [-0.2, 0) is 0 Å². The van der Waals surface area contributed by atoms with E-state index in [4.69, 9.17) is 0 Å². The summed E-state index contributed by atoms with van der Waals surface area (Å²) in [6, 6.07) is 13.3. The lowest BCUT2D eigenvalue weighted by Crippen LogP contribution is -2.29. The fraction of sp³-hybridized carbons (Fsp3) is 0.176. The van der Waals surface area contributed by atoms with E-state index in [1.807, 2.05) is 12.1 Å². The van der Waals surface area contributed by atoms with Crippen molar-refractivity contribution in [2.24, 2.45) is 0 Å². The smallest absolute Gasteiger partial charge is 0.319 e. The lowest BCUT2D eigenvalue weighted by molar-refractivity contribution is 0.252. The second-order valence-corrected chi connectivity index (χ2v) is 6.51. The first-order chi connectivity index (χ1) is 12.7. The zero-order valence-electron chi connectivity index (χ0n) is 13.8. The van der Waals surface area contributed by atoms with E-state index in [1.165, 1.54) is 23.1 Å². The van der Waals surface area contributed by atoms with Gasteiger partial charge in [0.2, 0.25) is 0 Å². The quantitative estimate of drug-likeness (QED) is 0.492. The highest BCUT2D eigenvalue weighted by molar-refractivity contribution is 7.99. The number of benzene rings is 2. The van der Waals surface area contributed by atoms with E-state index in [0.29, 0.717) is 12.2 Å². The number of tetrazole rings is 1. The van der Waals surface area contributed by atoms with Crippen LogP contribution in [0.4, 0.5) is 14.9 Å². The number of aromatic nitrogens is 4. The minimum Gasteiger partial charge on any atom is -0.338 e. The molecule has 0 atom stereocenters. The molecule has 3 aromatic rings. The molecule has 0 aliphatic rings. The third-order valence-corrected chi connectivity index (χ3v) is 4.53. The molecule has 9 heteroatoms. The number of urea groups is 1. The molecule has 3 rings (SSSR count). The minimum absolute atomic E-state index is 0.237. The second kappa shape index (κ2) is 8.95. The van der Waals surface area contributed by atoms with E-state index in [0.717, 1.165) is 22.8 Å². The molecule has 0 bridgehead atoms. The van der Waals surface area contributed by atoms with Crippen LogP contribution in [0.5, 0.6) is 0 Å². The first-order valence-electron chi connectivity index (χ1n) is 7.97. The van der Waals surface area contributed by atoms with Crippen LogP contribution < -0.4 is 10.6 Å². The average molecular weight is 372 g/mol. The summed E-state index contributed by atoms with van der Waals surface area (Å²) in [6.07, 6.45) is 2.31. The summed E-state index contributed by atoms with van der Waals surface area (Å²) in [6.45, 7) is 0.558. The third-order valence-electron chi connectivity index (χ3n) is 3.43. The van der Waals surface area contributed by atoms with E-state index in [-0.39, 0.29) is 11.8 Å². The topological polar surface area (TPSA) is 84.7 Å². The highest BCUT2D eigenvalue weighted by Crippen LogP contribution is 2.18. The van der Waals surface area contributed by atoms with Crippen molar-refractivity contribution in [1.82, 2.24) is 25.5 Å². The lowest BCUT2D eigenvalue weighted by Gasteiger charge is -2.08. The van der Waals surface area contributed by atoms with E-state index < -0.39 is 0 Å². The number of halogens is 1. The molecule has 0 saturated carbocycles. The van der Waals surface area contributed by atoms with E-state index in [2.05, 4.69) is 26.2 Å². The monoisotopic (exact) mass is 372 g/mol. The molecule has 0 radical (unpaired) electrons. The van der Waals surface area contributed by atoms with Gasteiger partial charge < -0.3 is 10.6 Å². The number of carbonyl (C=O) groups is 1. The first-order valence-corrected chi connectivity index (χ1v) is 8.96. The standard InChI is InChI=1S/C17H17FN6OS/c18-13-2-8-16(9-3-13)26-11-1-10-19-17(25)21-14-4-6-15(7-5-14)24-12-20-22-23-24/h2-9,12H,1,10-11H2,(H2,19,21,25). The van der Waals surface area contributed by atoms with Crippen LogP contribution >= 0.6 is 11.8 Å². The van der Waals surface area contributed by atoms with Gasteiger partial charge in [0.1, 0.15) is 12.1 Å².